The van der Waals surface area contributed by atoms with Crippen LogP contribution in [-0.2, 0) is 16.0 Å². The first-order chi connectivity index (χ1) is 14.9. The van der Waals surface area contributed by atoms with Gasteiger partial charge in [0.1, 0.15) is 5.69 Å². The molecule has 0 aliphatic carbocycles. The fourth-order valence-corrected chi connectivity index (χ4v) is 3.51. The molecule has 1 amide bonds. The van der Waals surface area contributed by atoms with Crippen molar-refractivity contribution in [1.29, 1.82) is 0 Å². The Hall–Kier alpha value is -3.67. The molecule has 1 heterocycles. The minimum atomic E-state index is -0.772. The van der Waals surface area contributed by atoms with E-state index < -0.39 is 17.7 Å². The van der Waals surface area contributed by atoms with E-state index in [4.69, 9.17) is 4.74 Å². The van der Waals surface area contributed by atoms with Gasteiger partial charge >= 0.3 is 5.97 Å². The molecule has 0 aliphatic rings. The minimum Gasteiger partial charge on any atom is -0.462 e. The lowest BCUT2D eigenvalue weighted by atomic mass is 9.97. The third kappa shape index (κ3) is 4.58. The van der Waals surface area contributed by atoms with Crippen LogP contribution in [0.3, 0.4) is 0 Å². The van der Waals surface area contributed by atoms with Crippen molar-refractivity contribution >= 4 is 23.3 Å². The summed E-state index contributed by atoms with van der Waals surface area (Å²) in [5, 5.41) is 2.71. The Bertz CT molecular complexity index is 1130. The third-order valence-corrected chi connectivity index (χ3v) is 5.09. The van der Waals surface area contributed by atoms with Crippen molar-refractivity contribution in [3.63, 3.8) is 0 Å². The van der Waals surface area contributed by atoms with Gasteiger partial charge in [0.2, 0.25) is 0 Å². The summed E-state index contributed by atoms with van der Waals surface area (Å²) in [6, 6.07) is 14.8. The summed E-state index contributed by atoms with van der Waals surface area (Å²) in [6.45, 7) is 7.53. The lowest BCUT2D eigenvalue weighted by Crippen LogP contribution is -2.24. The van der Waals surface area contributed by atoms with Crippen molar-refractivity contribution in [3.8, 4) is 11.1 Å². The second-order valence-electron chi connectivity index (χ2n) is 7.26. The first kappa shape index (κ1) is 22.0. The predicted octanol–water partition coefficient (Wildman–Crippen LogP) is 4.86. The molecule has 3 rings (SSSR count). The monoisotopic (exact) mass is 418 g/mol. The third-order valence-electron chi connectivity index (χ3n) is 5.09. The molecule has 2 N–H and O–H groups in total. The van der Waals surface area contributed by atoms with Crippen molar-refractivity contribution in [3.05, 3.63) is 76.6 Å². The lowest BCUT2D eigenvalue weighted by Gasteiger charge is -2.10. The van der Waals surface area contributed by atoms with Crippen molar-refractivity contribution in [1.82, 2.24) is 4.98 Å². The number of Topliss-reactive ketones (excluding diaryl/α,β-unsaturated/α-hetero) is 1. The van der Waals surface area contributed by atoms with E-state index in [9.17, 15) is 14.4 Å². The number of H-pyrrole nitrogens is 1. The summed E-state index contributed by atoms with van der Waals surface area (Å²) < 4.78 is 5.20. The average Bonchev–Trinajstić information content (AvgIpc) is 3.11. The van der Waals surface area contributed by atoms with E-state index in [1.807, 2.05) is 50.2 Å². The summed E-state index contributed by atoms with van der Waals surface area (Å²) in [5.41, 5.74) is 4.38. The Morgan fingerprint density at radius 3 is 2.29 bits per heavy atom. The molecule has 0 bridgehead atoms. The molecule has 3 aromatic rings. The number of aromatic nitrogens is 1. The molecule has 0 aliphatic heterocycles. The number of nitrogens with one attached hydrogen (secondary N) is 2. The van der Waals surface area contributed by atoms with Gasteiger partial charge in [-0.2, -0.15) is 0 Å². The first-order valence-electron chi connectivity index (χ1n) is 10.3. The maximum atomic E-state index is 13.2. The highest BCUT2D eigenvalue weighted by molar-refractivity contribution is 6.47. The van der Waals surface area contributed by atoms with Crippen LogP contribution in [0.2, 0.25) is 0 Å². The smallest absolute Gasteiger partial charge is 0.340 e. The van der Waals surface area contributed by atoms with Crippen LogP contribution in [0.4, 0.5) is 5.69 Å². The molecule has 160 valence electrons. The van der Waals surface area contributed by atoms with E-state index in [0.717, 1.165) is 11.1 Å². The van der Waals surface area contributed by atoms with Crippen molar-refractivity contribution in [2.75, 3.05) is 11.9 Å². The highest BCUT2D eigenvalue weighted by Gasteiger charge is 2.30. The van der Waals surface area contributed by atoms with E-state index >= 15 is 0 Å². The molecule has 1 aromatic heterocycles. The lowest BCUT2D eigenvalue weighted by molar-refractivity contribution is -0.112. The summed E-state index contributed by atoms with van der Waals surface area (Å²) >= 11 is 0. The number of ketones is 1. The molecule has 0 atom stereocenters. The number of rotatable bonds is 7. The van der Waals surface area contributed by atoms with Gasteiger partial charge in [0, 0.05) is 16.9 Å². The summed E-state index contributed by atoms with van der Waals surface area (Å²) in [5.74, 6) is -2.06. The predicted molar refractivity (Wildman–Crippen MR) is 120 cm³/mol. The van der Waals surface area contributed by atoms with Crippen LogP contribution in [0.1, 0.15) is 51.5 Å². The molecular formula is C25H26N2O4. The number of carbonyl (C=O) groups excluding carboxylic acids is 3. The topological polar surface area (TPSA) is 88.3 Å². The van der Waals surface area contributed by atoms with Crippen LogP contribution < -0.4 is 5.32 Å². The van der Waals surface area contributed by atoms with Crippen molar-refractivity contribution in [2.24, 2.45) is 0 Å². The average molecular weight is 418 g/mol. The van der Waals surface area contributed by atoms with Gasteiger partial charge in [-0.1, -0.05) is 55.0 Å². The zero-order valence-electron chi connectivity index (χ0n) is 18.2. The number of anilines is 1. The Morgan fingerprint density at radius 2 is 1.65 bits per heavy atom. The van der Waals surface area contributed by atoms with E-state index in [-0.39, 0.29) is 17.9 Å². The number of aromatic amines is 1. The molecule has 0 radical (unpaired) electrons. The summed E-state index contributed by atoms with van der Waals surface area (Å²) in [6.07, 6.45) is 0.716. The molecule has 0 fully saturated rings. The van der Waals surface area contributed by atoms with Crippen LogP contribution in [0, 0.1) is 13.8 Å². The number of esters is 1. The number of hydrogen-bond donors (Lipinski definition) is 2. The molecule has 6 nitrogen and oxygen atoms in total. The minimum absolute atomic E-state index is 0.0656. The highest BCUT2D eigenvalue weighted by atomic mass is 16.5. The maximum Gasteiger partial charge on any atom is 0.340 e. The Kier molecular flexibility index (Phi) is 6.70. The van der Waals surface area contributed by atoms with Gasteiger partial charge < -0.3 is 15.0 Å². The van der Waals surface area contributed by atoms with Crippen LogP contribution >= 0.6 is 0 Å². The number of aryl methyl sites for hydroxylation is 3. The van der Waals surface area contributed by atoms with Gasteiger partial charge in [-0.3, -0.25) is 9.59 Å². The van der Waals surface area contributed by atoms with Crippen LogP contribution in [0.5, 0.6) is 0 Å². The number of hydrogen-bond acceptors (Lipinski definition) is 4. The molecule has 0 saturated heterocycles. The molecule has 0 spiro atoms. The normalized spacial score (nSPS) is 10.6. The summed E-state index contributed by atoms with van der Waals surface area (Å²) in [7, 11) is 0. The van der Waals surface area contributed by atoms with Gasteiger partial charge in [-0.05, 0) is 44.4 Å². The largest absolute Gasteiger partial charge is 0.462 e. The van der Waals surface area contributed by atoms with Crippen molar-refractivity contribution in [2.45, 2.75) is 34.1 Å². The second kappa shape index (κ2) is 9.43. The first-order valence-corrected chi connectivity index (χ1v) is 10.3. The molecule has 0 unspecified atom stereocenters. The SMILES string of the molecule is CCOC(=O)c1c(C)[nH]c(C(=O)C(=O)Nc2ccccc2CC)c1-c1ccc(C)cc1. The maximum absolute atomic E-state index is 13.2. The van der Waals surface area contributed by atoms with Gasteiger partial charge in [0.05, 0.1) is 12.2 Å². The zero-order valence-corrected chi connectivity index (χ0v) is 18.2. The Morgan fingerprint density at radius 1 is 0.968 bits per heavy atom. The Labute approximate surface area is 181 Å². The van der Waals surface area contributed by atoms with Gasteiger partial charge in [0.25, 0.3) is 11.7 Å². The number of para-hydroxylation sites is 1. The molecular weight excluding hydrogens is 392 g/mol. The van der Waals surface area contributed by atoms with E-state index in [1.165, 1.54) is 0 Å². The second-order valence-corrected chi connectivity index (χ2v) is 7.26. The van der Waals surface area contributed by atoms with Gasteiger partial charge in [-0.25, -0.2) is 4.79 Å². The molecule has 6 heteroatoms. The van der Waals surface area contributed by atoms with Gasteiger partial charge in [-0.15, -0.1) is 0 Å². The number of ether oxygens (including phenoxy) is 1. The van der Waals surface area contributed by atoms with Crippen LogP contribution in [0.25, 0.3) is 11.1 Å². The highest BCUT2D eigenvalue weighted by Crippen LogP contribution is 2.32. The van der Waals surface area contributed by atoms with Crippen LogP contribution in [0.15, 0.2) is 48.5 Å². The number of carbonyl (C=O) groups is 3. The van der Waals surface area contributed by atoms with E-state index in [0.29, 0.717) is 28.9 Å². The zero-order chi connectivity index (χ0) is 22.5. The standard InChI is InChI=1S/C25H26N2O4/c1-5-17-9-7-8-10-19(17)27-24(29)23(28)22-21(18-13-11-15(3)12-14-18)20(16(4)26-22)25(30)31-6-2/h7-14,26H,5-6H2,1-4H3,(H,27,29). The fraction of sp³-hybridized carbons (Fsp3) is 0.240. The van der Waals surface area contributed by atoms with Gasteiger partial charge in [0.15, 0.2) is 0 Å². The molecule has 31 heavy (non-hydrogen) atoms. The number of benzene rings is 2. The summed E-state index contributed by atoms with van der Waals surface area (Å²) in [4.78, 5) is 41.6. The molecule has 2 aromatic carbocycles. The van der Waals surface area contributed by atoms with Crippen LogP contribution in [-0.4, -0.2) is 29.3 Å². The van der Waals surface area contributed by atoms with E-state index in [1.54, 1.807) is 26.0 Å². The quantitative estimate of drug-likeness (QED) is 0.326. The van der Waals surface area contributed by atoms with Crippen molar-refractivity contribution < 1.29 is 19.1 Å². The van der Waals surface area contributed by atoms with E-state index in [2.05, 4.69) is 10.3 Å². The molecule has 0 saturated carbocycles. The Balaban J connectivity index is 2.06. The number of amides is 1. The fourth-order valence-electron chi connectivity index (χ4n) is 3.51.